The number of carbonyl (C=O) groups excluding carboxylic acids is 2. The third kappa shape index (κ3) is 3.78. The monoisotopic (exact) mass is 389 g/mol. The number of para-hydroxylation sites is 1. The van der Waals surface area contributed by atoms with Gasteiger partial charge in [0, 0.05) is 18.1 Å². The standard InChI is InChI=1S/C23H23N3O3/c1-23(21(27)25-19-12-5-10-18-11-6-14-24-20(18)19)13-7-15-26(23)22(28)29-16-17-8-3-2-4-9-17/h2-6,8-12,14H,7,13,15-16H2,1H3,(H,25,27). The molecule has 0 radical (unpaired) electrons. The number of anilines is 1. The van der Waals surface area contributed by atoms with Crippen LogP contribution in [0.1, 0.15) is 25.3 Å². The third-order valence-corrected chi connectivity index (χ3v) is 5.44. The summed E-state index contributed by atoms with van der Waals surface area (Å²) in [7, 11) is 0. The van der Waals surface area contributed by atoms with E-state index >= 15 is 0 Å². The number of hydrogen-bond acceptors (Lipinski definition) is 4. The zero-order valence-electron chi connectivity index (χ0n) is 16.3. The first kappa shape index (κ1) is 18.9. The van der Waals surface area contributed by atoms with Gasteiger partial charge in [0.05, 0.1) is 11.2 Å². The van der Waals surface area contributed by atoms with Crippen LogP contribution in [-0.2, 0) is 16.1 Å². The summed E-state index contributed by atoms with van der Waals surface area (Å²) in [6, 6.07) is 19.0. The molecule has 4 rings (SSSR count). The van der Waals surface area contributed by atoms with E-state index in [1.165, 1.54) is 4.90 Å². The van der Waals surface area contributed by atoms with E-state index in [1.54, 1.807) is 13.1 Å². The van der Waals surface area contributed by atoms with Crippen LogP contribution in [0.5, 0.6) is 0 Å². The minimum atomic E-state index is -0.968. The summed E-state index contributed by atoms with van der Waals surface area (Å²) in [4.78, 5) is 31.8. The lowest BCUT2D eigenvalue weighted by Crippen LogP contribution is -2.53. The van der Waals surface area contributed by atoms with Gasteiger partial charge in [-0.05, 0) is 37.5 Å². The minimum Gasteiger partial charge on any atom is -0.445 e. The van der Waals surface area contributed by atoms with Gasteiger partial charge < -0.3 is 10.1 Å². The van der Waals surface area contributed by atoms with Gasteiger partial charge >= 0.3 is 6.09 Å². The second-order valence-corrected chi connectivity index (χ2v) is 7.40. The van der Waals surface area contributed by atoms with Crippen molar-refractivity contribution in [3.63, 3.8) is 0 Å². The summed E-state index contributed by atoms with van der Waals surface area (Å²) in [5, 5.41) is 3.92. The number of nitrogens with one attached hydrogen (secondary N) is 1. The van der Waals surface area contributed by atoms with Crippen molar-refractivity contribution in [2.75, 3.05) is 11.9 Å². The van der Waals surface area contributed by atoms with E-state index in [9.17, 15) is 9.59 Å². The van der Waals surface area contributed by atoms with Gasteiger partial charge in [-0.25, -0.2) is 4.79 Å². The number of fused-ring (bicyclic) bond motifs is 1. The molecule has 1 aromatic heterocycles. The Morgan fingerprint density at radius 1 is 1.10 bits per heavy atom. The highest BCUT2D eigenvalue weighted by atomic mass is 16.6. The number of aromatic nitrogens is 1. The van der Waals surface area contributed by atoms with Crippen LogP contribution in [-0.4, -0.2) is 34.0 Å². The van der Waals surface area contributed by atoms with Crippen molar-refractivity contribution in [3.8, 4) is 0 Å². The first-order chi connectivity index (χ1) is 14.1. The van der Waals surface area contributed by atoms with Crippen LogP contribution in [0, 0.1) is 0 Å². The van der Waals surface area contributed by atoms with Crippen LogP contribution in [0.4, 0.5) is 10.5 Å². The van der Waals surface area contributed by atoms with Gasteiger partial charge in [-0.1, -0.05) is 48.5 Å². The molecule has 0 bridgehead atoms. The number of nitrogens with zero attached hydrogens (tertiary/aromatic N) is 2. The molecule has 0 aliphatic carbocycles. The molecule has 2 heterocycles. The normalized spacial score (nSPS) is 18.6. The van der Waals surface area contributed by atoms with E-state index in [1.807, 2.05) is 60.7 Å². The van der Waals surface area contributed by atoms with Gasteiger partial charge in [0.15, 0.2) is 0 Å². The van der Waals surface area contributed by atoms with E-state index in [0.717, 1.165) is 22.9 Å². The highest BCUT2D eigenvalue weighted by molar-refractivity contribution is 6.05. The Hall–Kier alpha value is -3.41. The molecule has 6 nitrogen and oxygen atoms in total. The molecular formula is C23H23N3O3. The molecule has 1 aliphatic rings. The molecule has 1 aliphatic heterocycles. The SMILES string of the molecule is CC1(C(=O)Nc2cccc3cccnc23)CCCN1C(=O)OCc1ccccc1. The maximum atomic E-state index is 13.2. The number of benzene rings is 2. The fourth-order valence-corrected chi connectivity index (χ4v) is 3.75. The Bertz CT molecular complexity index is 1030. The molecule has 1 atom stereocenters. The van der Waals surface area contributed by atoms with E-state index in [0.29, 0.717) is 18.7 Å². The summed E-state index contributed by atoms with van der Waals surface area (Å²) in [6.07, 6.45) is 2.55. The Balaban J connectivity index is 1.49. The van der Waals surface area contributed by atoms with Crippen molar-refractivity contribution in [2.24, 2.45) is 0 Å². The first-order valence-corrected chi connectivity index (χ1v) is 9.71. The van der Waals surface area contributed by atoms with Crippen molar-refractivity contribution in [1.29, 1.82) is 0 Å². The molecule has 1 unspecified atom stereocenters. The number of pyridine rings is 1. The predicted molar refractivity (Wildman–Crippen MR) is 111 cm³/mol. The lowest BCUT2D eigenvalue weighted by atomic mass is 9.97. The number of carbonyl (C=O) groups is 2. The van der Waals surface area contributed by atoms with E-state index in [-0.39, 0.29) is 12.5 Å². The summed E-state index contributed by atoms with van der Waals surface area (Å²) in [5.41, 5.74) is 1.31. The number of ether oxygens (including phenoxy) is 1. The van der Waals surface area contributed by atoms with Crippen LogP contribution in [0.15, 0.2) is 66.9 Å². The minimum absolute atomic E-state index is 0.182. The molecule has 148 valence electrons. The maximum absolute atomic E-state index is 13.2. The highest BCUT2D eigenvalue weighted by Gasteiger charge is 2.46. The highest BCUT2D eigenvalue weighted by Crippen LogP contribution is 2.32. The lowest BCUT2D eigenvalue weighted by molar-refractivity contribution is -0.125. The smallest absolute Gasteiger partial charge is 0.410 e. The average molecular weight is 389 g/mol. The summed E-state index contributed by atoms with van der Waals surface area (Å²) in [5.74, 6) is -0.232. The molecular weight excluding hydrogens is 366 g/mol. The average Bonchev–Trinajstić information content (AvgIpc) is 3.16. The molecule has 1 saturated heterocycles. The Kier molecular flexibility index (Phi) is 5.16. The van der Waals surface area contributed by atoms with E-state index in [2.05, 4.69) is 10.3 Å². The summed E-state index contributed by atoms with van der Waals surface area (Å²) < 4.78 is 5.47. The van der Waals surface area contributed by atoms with E-state index in [4.69, 9.17) is 4.74 Å². The van der Waals surface area contributed by atoms with Gasteiger partial charge in [-0.3, -0.25) is 14.7 Å². The Morgan fingerprint density at radius 3 is 2.72 bits per heavy atom. The Morgan fingerprint density at radius 2 is 1.90 bits per heavy atom. The maximum Gasteiger partial charge on any atom is 0.410 e. The molecule has 29 heavy (non-hydrogen) atoms. The molecule has 6 heteroatoms. The van der Waals surface area contributed by atoms with Gasteiger partial charge in [0.25, 0.3) is 0 Å². The second kappa shape index (κ2) is 7.91. The fourth-order valence-electron chi connectivity index (χ4n) is 3.75. The number of amides is 2. The Labute approximate surface area is 169 Å². The van der Waals surface area contributed by atoms with Gasteiger partial charge in [-0.2, -0.15) is 0 Å². The molecule has 2 aromatic carbocycles. The fraction of sp³-hybridized carbons (Fsp3) is 0.261. The molecule has 3 aromatic rings. The molecule has 2 amide bonds. The van der Waals surface area contributed by atoms with Crippen molar-refractivity contribution >= 4 is 28.6 Å². The largest absolute Gasteiger partial charge is 0.445 e. The number of likely N-dealkylation sites (tertiary alicyclic amines) is 1. The van der Waals surface area contributed by atoms with Crippen molar-refractivity contribution < 1.29 is 14.3 Å². The topological polar surface area (TPSA) is 71.5 Å². The van der Waals surface area contributed by atoms with Crippen LogP contribution < -0.4 is 5.32 Å². The van der Waals surface area contributed by atoms with Crippen LogP contribution in [0.25, 0.3) is 10.9 Å². The van der Waals surface area contributed by atoms with Crippen LogP contribution in [0.2, 0.25) is 0 Å². The van der Waals surface area contributed by atoms with Crippen molar-refractivity contribution in [3.05, 3.63) is 72.4 Å². The lowest BCUT2D eigenvalue weighted by Gasteiger charge is -2.33. The zero-order valence-corrected chi connectivity index (χ0v) is 16.3. The summed E-state index contributed by atoms with van der Waals surface area (Å²) in [6.45, 7) is 2.46. The summed E-state index contributed by atoms with van der Waals surface area (Å²) >= 11 is 0. The van der Waals surface area contributed by atoms with Crippen LogP contribution >= 0.6 is 0 Å². The van der Waals surface area contributed by atoms with Crippen molar-refractivity contribution in [2.45, 2.75) is 31.9 Å². The zero-order chi connectivity index (χ0) is 20.3. The van der Waals surface area contributed by atoms with Crippen molar-refractivity contribution in [1.82, 2.24) is 9.88 Å². The first-order valence-electron chi connectivity index (χ1n) is 9.71. The molecule has 1 N–H and O–H groups in total. The van der Waals surface area contributed by atoms with Gasteiger partial charge in [0.2, 0.25) is 5.91 Å². The quantitative estimate of drug-likeness (QED) is 0.719. The number of hydrogen-bond donors (Lipinski definition) is 1. The van der Waals surface area contributed by atoms with Gasteiger partial charge in [0.1, 0.15) is 12.1 Å². The number of rotatable bonds is 4. The van der Waals surface area contributed by atoms with E-state index < -0.39 is 11.6 Å². The van der Waals surface area contributed by atoms with Crippen LogP contribution in [0.3, 0.4) is 0 Å². The molecule has 0 spiro atoms. The predicted octanol–water partition coefficient (Wildman–Crippen LogP) is 4.36. The third-order valence-electron chi connectivity index (χ3n) is 5.44. The second-order valence-electron chi connectivity index (χ2n) is 7.40. The molecule has 0 saturated carbocycles. The molecule has 1 fully saturated rings. The van der Waals surface area contributed by atoms with Gasteiger partial charge in [-0.15, -0.1) is 0 Å².